The Morgan fingerprint density at radius 3 is 2.29 bits per heavy atom. The third-order valence-electron chi connectivity index (χ3n) is 4.16. The zero-order valence-electron chi connectivity index (χ0n) is 16.4. The Labute approximate surface area is 175 Å². The van der Waals surface area contributed by atoms with E-state index in [-0.39, 0.29) is 28.7 Å². The second kappa shape index (κ2) is 8.45. The molecular weight excluding hydrogens is 406 g/mol. The monoisotopic (exact) mass is 423 g/mol. The van der Waals surface area contributed by atoms with E-state index >= 15 is 0 Å². The number of non-ortho nitro benzene ring substituents is 1. The van der Waals surface area contributed by atoms with E-state index in [1.807, 2.05) is 0 Å². The molecule has 11 nitrogen and oxygen atoms in total. The minimum absolute atomic E-state index is 0.0196. The van der Waals surface area contributed by atoms with Crippen LogP contribution >= 0.6 is 0 Å². The predicted octanol–water partition coefficient (Wildman–Crippen LogP) is 4.49. The van der Waals surface area contributed by atoms with Crippen LogP contribution in [-0.4, -0.2) is 27.0 Å². The van der Waals surface area contributed by atoms with E-state index in [1.54, 1.807) is 24.3 Å². The summed E-state index contributed by atoms with van der Waals surface area (Å²) >= 11 is 0. The molecule has 158 valence electrons. The van der Waals surface area contributed by atoms with Crippen molar-refractivity contribution < 1.29 is 24.7 Å². The molecule has 31 heavy (non-hydrogen) atoms. The lowest BCUT2D eigenvalue weighted by Crippen LogP contribution is -2.06. The minimum atomic E-state index is -0.714. The molecule has 3 aromatic rings. The van der Waals surface area contributed by atoms with Crippen LogP contribution in [0, 0.1) is 10.1 Å². The molecule has 0 radical (unpaired) electrons. The SMILES string of the molecule is CC(=O)Nc1cc([N+](=O)[O-])cc(N=Nc2c(O)ccc3cccc(NC(C)=O)c23)c1O. The molecule has 3 rings (SSSR count). The van der Waals surface area contributed by atoms with Gasteiger partial charge in [0.05, 0.1) is 16.3 Å². The van der Waals surface area contributed by atoms with Crippen molar-refractivity contribution in [1.82, 2.24) is 0 Å². The molecule has 0 fully saturated rings. The third kappa shape index (κ3) is 4.56. The largest absolute Gasteiger partial charge is 0.506 e. The molecule has 0 spiro atoms. The number of hydrogen-bond donors (Lipinski definition) is 4. The topological polar surface area (TPSA) is 167 Å². The molecule has 0 saturated carbocycles. The molecule has 0 bridgehead atoms. The molecule has 0 aliphatic heterocycles. The van der Waals surface area contributed by atoms with Crippen LogP contribution in [0.15, 0.2) is 52.7 Å². The maximum Gasteiger partial charge on any atom is 0.274 e. The van der Waals surface area contributed by atoms with Gasteiger partial charge in [0.25, 0.3) is 5.69 Å². The van der Waals surface area contributed by atoms with Crippen molar-refractivity contribution in [2.45, 2.75) is 13.8 Å². The Bertz CT molecular complexity index is 1250. The zero-order chi connectivity index (χ0) is 22.7. The molecule has 2 amide bonds. The van der Waals surface area contributed by atoms with Crippen LogP contribution in [0.2, 0.25) is 0 Å². The number of anilines is 2. The lowest BCUT2D eigenvalue weighted by molar-refractivity contribution is -0.384. The van der Waals surface area contributed by atoms with Crippen molar-refractivity contribution in [3.05, 3.63) is 52.6 Å². The van der Waals surface area contributed by atoms with Crippen molar-refractivity contribution in [2.24, 2.45) is 10.2 Å². The van der Waals surface area contributed by atoms with Gasteiger partial charge in [0.1, 0.15) is 17.1 Å². The normalized spacial score (nSPS) is 10.9. The first-order chi connectivity index (χ1) is 14.7. The average Bonchev–Trinajstić information content (AvgIpc) is 2.69. The fraction of sp³-hybridized carbons (Fsp3) is 0.100. The van der Waals surface area contributed by atoms with E-state index < -0.39 is 22.3 Å². The highest BCUT2D eigenvalue weighted by molar-refractivity contribution is 6.08. The molecule has 0 atom stereocenters. The van der Waals surface area contributed by atoms with Crippen LogP contribution in [-0.2, 0) is 9.59 Å². The van der Waals surface area contributed by atoms with Gasteiger partial charge in [0.2, 0.25) is 11.8 Å². The molecule has 0 saturated heterocycles. The summed E-state index contributed by atoms with van der Waals surface area (Å²) in [4.78, 5) is 33.4. The van der Waals surface area contributed by atoms with Crippen molar-refractivity contribution in [2.75, 3.05) is 10.6 Å². The molecule has 0 aliphatic carbocycles. The van der Waals surface area contributed by atoms with Gasteiger partial charge in [0, 0.05) is 31.4 Å². The number of rotatable bonds is 5. The molecule has 0 heterocycles. The number of amides is 2. The van der Waals surface area contributed by atoms with Gasteiger partial charge >= 0.3 is 0 Å². The van der Waals surface area contributed by atoms with Gasteiger partial charge < -0.3 is 20.8 Å². The number of azo groups is 1. The first-order valence-electron chi connectivity index (χ1n) is 8.90. The van der Waals surface area contributed by atoms with Gasteiger partial charge in [-0.05, 0) is 17.5 Å². The third-order valence-corrected chi connectivity index (χ3v) is 4.16. The van der Waals surface area contributed by atoms with Crippen molar-refractivity contribution in [1.29, 1.82) is 0 Å². The molecule has 0 aromatic heterocycles. The number of aromatic hydroxyl groups is 2. The van der Waals surface area contributed by atoms with E-state index in [2.05, 4.69) is 20.9 Å². The summed E-state index contributed by atoms with van der Waals surface area (Å²) in [6.45, 7) is 2.50. The Kier molecular flexibility index (Phi) is 5.77. The first-order valence-corrected chi connectivity index (χ1v) is 8.90. The van der Waals surface area contributed by atoms with Gasteiger partial charge in [-0.2, -0.15) is 0 Å². The van der Waals surface area contributed by atoms with E-state index in [0.717, 1.165) is 12.1 Å². The van der Waals surface area contributed by atoms with E-state index in [1.165, 1.54) is 19.9 Å². The number of carbonyl (C=O) groups excluding carboxylic acids is 2. The van der Waals surface area contributed by atoms with Crippen LogP contribution < -0.4 is 10.6 Å². The van der Waals surface area contributed by atoms with Crippen LogP contribution in [0.5, 0.6) is 11.5 Å². The molecule has 11 heteroatoms. The molecule has 0 unspecified atom stereocenters. The Hall–Kier alpha value is -4.54. The van der Waals surface area contributed by atoms with E-state index in [9.17, 15) is 29.9 Å². The molecule has 4 N–H and O–H groups in total. The summed E-state index contributed by atoms with van der Waals surface area (Å²) in [6.07, 6.45) is 0. The highest BCUT2D eigenvalue weighted by Crippen LogP contribution is 2.43. The lowest BCUT2D eigenvalue weighted by Gasteiger charge is -2.11. The van der Waals surface area contributed by atoms with Crippen LogP contribution in [0.25, 0.3) is 10.8 Å². The maximum atomic E-state index is 11.5. The first kappa shape index (κ1) is 21.2. The Morgan fingerprint density at radius 2 is 1.65 bits per heavy atom. The van der Waals surface area contributed by atoms with Gasteiger partial charge in [-0.1, -0.05) is 18.2 Å². The van der Waals surface area contributed by atoms with E-state index in [0.29, 0.717) is 16.5 Å². The summed E-state index contributed by atoms with van der Waals surface area (Å²) in [7, 11) is 0. The van der Waals surface area contributed by atoms with Gasteiger partial charge in [-0.25, -0.2) is 0 Å². The fourth-order valence-corrected chi connectivity index (χ4v) is 2.92. The fourth-order valence-electron chi connectivity index (χ4n) is 2.92. The van der Waals surface area contributed by atoms with Gasteiger partial charge in [0.15, 0.2) is 5.75 Å². The maximum absolute atomic E-state index is 11.5. The summed E-state index contributed by atoms with van der Waals surface area (Å²) in [5, 5.41) is 45.7. The smallest absolute Gasteiger partial charge is 0.274 e. The number of nitrogens with zero attached hydrogens (tertiary/aromatic N) is 3. The molecule has 0 aliphatic rings. The number of nitro groups is 1. The number of nitrogens with one attached hydrogen (secondary N) is 2. The lowest BCUT2D eigenvalue weighted by atomic mass is 10.1. The summed E-state index contributed by atoms with van der Waals surface area (Å²) in [6, 6.07) is 10.0. The van der Waals surface area contributed by atoms with Crippen molar-refractivity contribution in [3.8, 4) is 11.5 Å². The van der Waals surface area contributed by atoms with Gasteiger partial charge in [-0.15, -0.1) is 10.2 Å². The number of nitro benzene ring substituents is 1. The summed E-state index contributed by atoms with van der Waals surface area (Å²) < 4.78 is 0. The van der Waals surface area contributed by atoms with Crippen LogP contribution in [0.4, 0.5) is 28.4 Å². The van der Waals surface area contributed by atoms with E-state index in [4.69, 9.17) is 0 Å². The Morgan fingerprint density at radius 1 is 0.968 bits per heavy atom. The quantitative estimate of drug-likeness (QED) is 0.204. The van der Waals surface area contributed by atoms with Crippen molar-refractivity contribution >= 4 is 51.0 Å². The van der Waals surface area contributed by atoms with Crippen molar-refractivity contribution in [3.63, 3.8) is 0 Å². The molecule has 3 aromatic carbocycles. The predicted molar refractivity (Wildman–Crippen MR) is 113 cm³/mol. The minimum Gasteiger partial charge on any atom is -0.506 e. The standard InChI is InChI=1S/C20H17N5O6/c1-10(26)21-14-5-3-4-12-6-7-17(28)19(18(12)14)24-23-16-9-13(25(30)31)8-15(20(16)29)22-11(2)27/h3-9,28-29H,1-2H3,(H,21,26)(H,22,27). The number of phenolic OH excluding ortho intramolecular Hbond substituents is 2. The van der Waals surface area contributed by atoms with Gasteiger partial charge in [-0.3, -0.25) is 19.7 Å². The molecular formula is C20H17N5O6. The van der Waals surface area contributed by atoms with Crippen LogP contribution in [0.3, 0.4) is 0 Å². The number of benzene rings is 3. The number of carbonyl (C=O) groups is 2. The number of hydrogen-bond acceptors (Lipinski definition) is 8. The second-order valence-corrected chi connectivity index (χ2v) is 6.52. The average molecular weight is 423 g/mol. The zero-order valence-corrected chi connectivity index (χ0v) is 16.4. The highest BCUT2D eigenvalue weighted by Gasteiger charge is 2.18. The summed E-state index contributed by atoms with van der Waals surface area (Å²) in [5.74, 6) is -1.69. The number of phenols is 2. The number of fused-ring (bicyclic) bond motifs is 1. The Balaban J connectivity index is 2.19. The van der Waals surface area contributed by atoms with Crippen LogP contribution in [0.1, 0.15) is 13.8 Å². The summed E-state index contributed by atoms with van der Waals surface area (Å²) in [5.41, 5.74) is -0.592. The second-order valence-electron chi connectivity index (χ2n) is 6.52. The highest BCUT2D eigenvalue weighted by atomic mass is 16.6.